The lowest BCUT2D eigenvalue weighted by molar-refractivity contribution is 0.0190. The first-order valence-electron chi connectivity index (χ1n) is 9.90. The fourth-order valence-electron chi connectivity index (χ4n) is 4.19. The number of nitrogens with zero attached hydrogens (tertiary/aromatic N) is 2. The molecule has 0 bridgehead atoms. The molecule has 0 saturated carbocycles. The summed E-state index contributed by atoms with van der Waals surface area (Å²) < 4.78 is 32.9. The lowest BCUT2D eigenvalue weighted by Gasteiger charge is -2.41. The fraction of sp³-hybridized carbons (Fsp3) is 0.700. The van der Waals surface area contributed by atoms with Crippen LogP contribution in [0.5, 0.6) is 0 Å². The molecule has 0 spiro atoms. The Hall–Kier alpha value is -0.950. The monoisotopic (exact) mass is 380 g/mol. The van der Waals surface area contributed by atoms with Gasteiger partial charge in [0.15, 0.2) is 0 Å². The van der Waals surface area contributed by atoms with Crippen LogP contribution in [0.2, 0.25) is 0 Å². The van der Waals surface area contributed by atoms with Gasteiger partial charge in [0, 0.05) is 39.3 Å². The summed E-state index contributed by atoms with van der Waals surface area (Å²) in [5, 5.41) is 0. The van der Waals surface area contributed by atoms with Crippen LogP contribution in [0.25, 0.3) is 0 Å². The minimum Gasteiger partial charge on any atom is -0.381 e. The molecular weight excluding hydrogens is 348 g/mol. The van der Waals surface area contributed by atoms with E-state index >= 15 is 0 Å². The smallest absolute Gasteiger partial charge is 0.243 e. The molecule has 0 aromatic heterocycles. The van der Waals surface area contributed by atoms with Gasteiger partial charge in [-0.15, -0.1) is 0 Å². The SMILES string of the molecule is CCCc1ccc(S(=O)(=O)N2CCC(N3CCC(OC)CC3)CC2)cc1. The van der Waals surface area contributed by atoms with Crippen LogP contribution in [0.3, 0.4) is 0 Å². The average molecular weight is 381 g/mol. The molecule has 0 aliphatic carbocycles. The van der Waals surface area contributed by atoms with E-state index in [1.165, 1.54) is 5.56 Å². The van der Waals surface area contributed by atoms with E-state index in [2.05, 4.69) is 11.8 Å². The zero-order valence-corrected chi connectivity index (χ0v) is 16.9. The van der Waals surface area contributed by atoms with Crippen LogP contribution in [-0.2, 0) is 21.2 Å². The van der Waals surface area contributed by atoms with E-state index in [4.69, 9.17) is 4.74 Å². The van der Waals surface area contributed by atoms with Crippen LogP contribution in [0, 0.1) is 0 Å². The quantitative estimate of drug-likeness (QED) is 0.761. The molecule has 0 radical (unpaired) electrons. The summed E-state index contributed by atoms with van der Waals surface area (Å²) >= 11 is 0. The third-order valence-corrected chi connectivity index (χ3v) is 7.76. The fourth-order valence-corrected chi connectivity index (χ4v) is 5.66. The molecule has 0 N–H and O–H groups in total. The number of ether oxygens (including phenoxy) is 1. The van der Waals surface area contributed by atoms with Gasteiger partial charge in [-0.2, -0.15) is 4.31 Å². The van der Waals surface area contributed by atoms with Crippen molar-refractivity contribution in [3.63, 3.8) is 0 Å². The lowest BCUT2D eigenvalue weighted by Crippen LogP contribution is -2.49. The third kappa shape index (κ3) is 4.47. The number of sulfonamides is 1. The van der Waals surface area contributed by atoms with E-state index in [1.807, 2.05) is 12.1 Å². The van der Waals surface area contributed by atoms with Crippen molar-refractivity contribution in [2.75, 3.05) is 33.3 Å². The van der Waals surface area contributed by atoms with Gasteiger partial charge in [0.1, 0.15) is 0 Å². The van der Waals surface area contributed by atoms with Crippen LogP contribution in [0.15, 0.2) is 29.2 Å². The number of aryl methyl sites for hydroxylation is 1. The van der Waals surface area contributed by atoms with Crippen molar-refractivity contribution in [2.45, 2.75) is 62.5 Å². The first-order valence-corrected chi connectivity index (χ1v) is 11.3. The summed E-state index contributed by atoms with van der Waals surface area (Å²) in [7, 11) is -1.58. The molecule has 1 aromatic rings. The first kappa shape index (κ1) is 19.8. The van der Waals surface area contributed by atoms with Crippen molar-refractivity contribution in [3.05, 3.63) is 29.8 Å². The molecule has 1 aromatic carbocycles. The Kier molecular flexibility index (Phi) is 6.72. The summed E-state index contributed by atoms with van der Waals surface area (Å²) in [5.74, 6) is 0. The highest BCUT2D eigenvalue weighted by molar-refractivity contribution is 7.89. The zero-order chi connectivity index (χ0) is 18.6. The number of rotatable bonds is 6. The molecule has 2 fully saturated rings. The predicted octanol–water partition coefficient (Wildman–Crippen LogP) is 2.90. The van der Waals surface area contributed by atoms with Gasteiger partial charge in [0.25, 0.3) is 0 Å². The van der Waals surface area contributed by atoms with Gasteiger partial charge in [-0.25, -0.2) is 8.42 Å². The molecule has 0 atom stereocenters. The highest BCUT2D eigenvalue weighted by Crippen LogP contribution is 2.26. The van der Waals surface area contributed by atoms with E-state index < -0.39 is 10.0 Å². The summed E-state index contributed by atoms with van der Waals surface area (Å²) in [4.78, 5) is 2.95. The maximum atomic E-state index is 12.9. The summed E-state index contributed by atoms with van der Waals surface area (Å²) in [6.45, 7) is 5.50. The van der Waals surface area contributed by atoms with Gasteiger partial charge in [0.05, 0.1) is 11.0 Å². The third-order valence-electron chi connectivity index (χ3n) is 5.85. The lowest BCUT2D eigenvalue weighted by atomic mass is 10.00. The second kappa shape index (κ2) is 8.83. The van der Waals surface area contributed by atoms with Crippen LogP contribution in [0.4, 0.5) is 0 Å². The van der Waals surface area contributed by atoms with Crippen molar-refractivity contribution in [2.24, 2.45) is 0 Å². The molecule has 3 rings (SSSR count). The number of hydrogen-bond acceptors (Lipinski definition) is 4. The Labute approximate surface area is 158 Å². The largest absolute Gasteiger partial charge is 0.381 e. The molecule has 26 heavy (non-hydrogen) atoms. The van der Waals surface area contributed by atoms with Gasteiger partial charge in [-0.1, -0.05) is 25.5 Å². The molecule has 0 unspecified atom stereocenters. The van der Waals surface area contributed by atoms with Gasteiger partial charge < -0.3 is 9.64 Å². The molecule has 2 aliphatic heterocycles. The predicted molar refractivity (Wildman–Crippen MR) is 104 cm³/mol. The van der Waals surface area contributed by atoms with Crippen molar-refractivity contribution in [3.8, 4) is 0 Å². The molecule has 2 heterocycles. The van der Waals surface area contributed by atoms with E-state index in [9.17, 15) is 8.42 Å². The Morgan fingerprint density at radius 1 is 1.00 bits per heavy atom. The van der Waals surface area contributed by atoms with Crippen LogP contribution < -0.4 is 0 Å². The minimum absolute atomic E-state index is 0.391. The van der Waals surface area contributed by atoms with Crippen LogP contribution in [0.1, 0.15) is 44.6 Å². The highest BCUT2D eigenvalue weighted by Gasteiger charge is 2.33. The Morgan fingerprint density at radius 3 is 2.15 bits per heavy atom. The Balaban J connectivity index is 1.56. The van der Waals surface area contributed by atoms with E-state index in [1.54, 1.807) is 23.5 Å². The number of piperidine rings is 2. The van der Waals surface area contributed by atoms with Gasteiger partial charge >= 0.3 is 0 Å². The van der Waals surface area contributed by atoms with E-state index in [-0.39, 0.29) is 0 Å². The van der Waals surface area contributed by atoms with E-state index in [0.29, 0.717) is 30.1 Å². The molecule has 2 saturated heterocycles. The number of benzene rings is 1. The molecule has 6 heteroatoms. The van der Waals surface area contributed by atoms with Crippen LogP contribution in [-0.4, -0.2) is 63.1 Å². The van der Waals surface area contributed by atoms with Crippen molar-refractivity contribution in [1.29, 1.82) is 0 Å². The van der Waals surface area contributed by atoms with E-state index in [0.717, 1.165) is 51.6 Å². The standard InChI is InChI=1S/C20H32N2O3S/c1-3-4-17-5-7-20(8-6-17)26(23,24)22-15-9-18(10-16-22)21-13-11-19(25-2)12-14-21/h5-8,18-19H,3-4,9-16H2,1-2H3. The van der Waals surface area contributed by atoms with Crippen LogP contribution >= 0.6 is 0 Å². The maximum Gasteiger partial charge on any atom is 0.243 e. The number of likely N-dealkylation sites (tertiary alicyclic amines) is 1. The number of hydrogen-bond donors (Lipinski definition) is 0. The summed E-state index contributed by atoms with van der Waals surface area (Å²) in [5.41, 5.74) is 1.20. The average Bonchev–Trinajstić information content (AvgIpc) is 2.69. The first-order chi connectivity index (χ1) is 12.5. The Morgan fingerprint density at radius 2 is 1.62 bits per heavy atom. The van der Waals surface area contributed by atoms with Crippen molar-refractivity contribution >= 4 is 10.0 Å². The highest BCUT2D eigenvalue weighted by atomic mass is 32.2. The summed E-state index contributed by atoms with van der Waals surface area (Å²) in [6, 6.07) is 7.93. The molecule has 0 amide bonds. The second-order valence-corrected chi connectivity index (χ2v) is 9.44. The number of methoxy groups -OCH3 is 1. The summed E-state index contributed by atoms with van der Waals surface area (Å²) in [6.07, 6.45) is 6.46. The Bertz CT molecular complexity index is 659. The zero-order valence-electron chi connectivity index (χ0n) is 16.1. The molecular formula is C20H32N2O3S. The van der Waals surface area contributed by atoms with Gasteiger partial charge in [0.2, 0.25) is 10.0 Å². The minimum atomic E-state index is -3.37. The van der Waals surface area contributed by atoms with Crippen molar-refractivity contribution < 1.29 is 13.2 Å². The van der Waals surface area contributed by atoms with Crippen molar-refractivity contribution in [1.82, 2.24) is 9.21 Å². The molecule has 2 aliphatic rings. The van der Waals surface area contributed by atoms with Gasteiger partial charge in [-0.05, 0) is 49.8 Å². The maximum absolute atomic E-state index is 12.9. The van der Waals surface area contributed by atoms with Gasteiger partial charge in [-0.3, -0.25) is 0 Å². The molecule has 146 valence electrons. The normalized spacial score (nSPS) is 21.9. The second-order valence-electron chi connectivity index (χ2n) is 7.50. The molecule has 5 nitrogen and oxygen atoms in total. The topological polar surface area (TPSA) is 49.9 Å².